The third-order valence-electron chi connectivity index (χ3n) is 7.05. The minimum Gasteiger partial charge on any atom is -0.459 e. The Bertz CT molecular complexity index is 512. The molecule has 2 aliphatic heterocycles. The van der Waals surface area contributed by atoms with Gasteiger partial charge in [-0.25, -0.2) is 4.79 Å². The van der Waals surface area contributed by atoms with Crippen LogP contribution in [0.2, 0.25) is 0 Å². The molecule has 4 nitrogen and oxygen atoms in total. The number of carbonyl (C=O) groups excluding carboxylic acids is 1. The van der Waals surface area contributed by atoms with Crippen molar-refractivity contribution >= 4 is 5.97 Å². The van der Waals surface area contributed by atoms with Crippen LogP contribution in [-0.4, -0.2) is 47.3 Å². The van der Waals surface area contributed by atoms with E-state index in [-0.39, 0.29) is 23.4 Å². The molecule has 5 atom stereocenters. The van der Waals surface area contributed by atoms with Gasteiger partial charge in [0.1, 0.15) is 6.10 Å². The first kappa shape index (κ1) is 14.7. The molecule has 4 heteroatoms. The van der Waals surface area contributed by atoms with Crippen molar-refractivity contribution in [2.24, 2.45) is 17.3 Å². The van der Waals surface area contributed by atoms with Crippen LogP contribution in [0.25, 0.3) is 0 Å². The van der Waals surface area contributed by atoms with E-state index in [2.05, 4.69) is 25.8 Å². The van der Waals surface area contributed by atoms with E-state index in [9.17, 15) is 9.90 Å². The summed E-state index contributed by atoms with van der Waals surface area (Å²) in [4.78, 5) is 15.1. The van der Waals surface area contributed by atoms with Gasteiger partial charge in [-0.05, 0) is 49.6 Å². The van der Waals surface area contributed by atoms with Crippen molar-refractivity contribution in [1.29, 1.82) is 0 Å². The highest BCUT2D eigenvalue weighted by molar-refractivity contribution is 5.90. The summed E-state index contributed by atoms with van der Waals surface area (Å²) < 4.78 is 5.85. The van der Waals surface area contributed by atoms with E-state index in [1.165, 1.54) is 12.8 Å². The maximum atomic E-state index is 12.6. The first-order valence-electron chi connectivity index (χ1n) is 8.70. The number of fused-ring (bicyclic) bond motifs is 3. The molecule has 5 aliphatic rings. The highest BCUT2D eigenvalue weighted by Gasteiger charge is 2.57. The molecule has 2 heterocycles. The number of aliphatic hydroxyl groups excluding tert-OH is 1. The molecular formula is C18H27NO3. The van der Waals surface area contributed by atoms with Crippen molar-refractivity contribution in [3.8, 4) is 0 Å². The molecule has 22 heavy (non-hydrogen) atoms. The minimum absolute atomic E-state index is 0.0222. The summed E-state index contributed by atoms with van der Waals surface area (Å²) in [5.41, 5.74) is 0.750. The second kappa shape index (κ2) is 4.81. The second-order valence-corrected chi connectivity index (χ2v) is 8.38. The molecule has 1 saturated carbocycles. The first-order valence-corrected chi connectivity index (χ1v) is 8.70. The Morgan fingerprint density at radius 3 is 2.45 bits per heavy atom. The number of esters is 1. The van der Waals surface area contributed by atoms with Crippen molar-refractivity contribution in [2.45, 2.75) is 70.2 Å². The predicted molar refractivity (Wildman–Crippen MR) is 83.2 cm³/mol. The van der Waals surface area contributed by atoms with Gasteiger partial charge in [0.2, 0.25) is 0 Å². The summed E-state index contributed by atoms with van der Waals surface area (Å²) in [5.74, 6) is 0.383. The molecule has 0 aromatic carbocycles. The molecule has 122 valence electrons. The SMILES string of the molecule is CN1C2CCC1CC(OC(=O)C1=C[C@@H](O)[C@@H]3C[C@H]1C3(C)C)C2. The zero-order valence-electron chi connectivity index (χ0n) is 13.8. The van der Waals surface area contributed by atoms with Crippen molar-refractivity contribution in [3.63, 3.8) is 0 Å². The zero-order chi connectivity index (χ0) is 15.6. The Balaban J connectivity index is 1.45. The highest BCUT2D eigenvalue weighted by Crippen LogP contribution is 2.59. The molecule has 2 saturated heterocycles. The molecule has 5 rings (SSSR count). The van der Waals surface area contributed by atoms with Crippen LogP contribution in [0.1, 0.15) is 46.0 Å². The van der Waals surface area contributed by atoms with Gasteiger partial charge in [0.05, 0.1) is 6.10 Å². The van der Waals surface area contributed by atoms with Gasteiger partial charge in [-0.2, -0.15) is 0 Å². The standard InChI is InChI=1S/C18H27NO3/c1-18(2)14-9-15(18)16(20)8-13(14)17(21)22-12-6-10-4-5-11(7-12)19(10)3/h8,10-12,14-16,20H,4-7,9H2,1-3H3/t10?,11?,12?,14-,15+,16-/m1/s1. The zero-order valence-corrected chi connectivity index (χ0v) is 13.8. The van der Waals surface area contributed by atoms with E-state index in [1.807, 2.05) is 0 Å². The summed E-state index contributed by atoms with van der Waals surface area (Å²) >= 11 is 0. The Morgan fingerprint density at radius 1 is 1.27 bits per heavy atom. The second-order valence-electron chi connectivity index (χ2n) is 8.38. The summed E-state index contributed by atoms with van der Waals surface area (Å²) in [7, 11) is 2.19. The number of hydrogen-bond donors (Lipinski definition) is 1. The van der Waals surface area contributed by atoms with E-state index < -0.39 is 6.10 Å². The quantitative estimate of drug-likeness (QED) is 0.794. The fourth-order valence-electron chi connectivity index (χ4n) is 5.37. The van der Waals surface area contributed by atoms with Crippen LogP contribution < -0.4 is 0 Å². The van der Waals surface area contributed by atoms with Gasteiger partial charge in [0.25, 0.3) is 0 Å². The predicted octanol–water partition coefficient (Wildman–Crippen LogP) is 2.12. The summed E-state index contributed by atoms with van der Waals surface area (Å²) in [6.07, 6.45) is 6.64. The Kier molecular flexibility index (Phi) is 3.22. The maximum absolute atomic E-state index is 12.6. The molecule has 0 amide bonds. The molecule has 1 N–H and O–H groups in total. The monoisotopic (exact) mass is 305 g/mol. The summed E-state index contributed by atoms with van der Waals surface area (Å²) in [5, 5.41) is 10.2. The van der Waals surface area contributed by atoms with Crippen LogP contribution in [0.15, 0.2) is 11.6 Å². The van der Waals surface area contributed by atoms with Crippen molar-refractivity contribution in [1.82, 2.24) is 4.90 Å². The lowest BCUT2D eigenvalue weighted by Crippen LogP contribution is -2.55. The molecule has 0 aromatic heterocycles. The average Bonchev–Trinajstić information content (AvgIpc) is 2.68. The number of aliphatic hydroxyl groups is 1. The first-order chi connectivity index (χ1) is 10.4. The lowest BCUT2D eigenvalue weighted by atomic mass is 9.48. The van der Waals surface area contributed by atoms with E-state index in [4.69, 9.17) is 4.74 Å². The minimum atomic E-state index is -0.490. The molecule has 4 bridgehead atoms. The number of carbonyl (C=O) groups is 1. The molecular weight excluding hydrogens is 278 g/mol. The molecule has 2 unspecified atom stereocenters. The van der Waals surface area contributed by atoms with Gasteiger partial charge >= 0.3 is 5.97 Å². The fraction of sp³-hybridized carbons (Fsp3) is 0.833. The lowest BCUT2D eigenvalue weighted by Gasteiger charge is -2.57. The largest absolute Gasteiger partial charge is 0.459 e. The molecule has 0 radical (unpaired) electrons. The third kappa shape index (κ3) is 2.00. The van der Waals surface area contributed by atoms with Crippen molar-refractivity contribution < 1.29 is 14.6 Å². The van der Waals surface area contributed by atoms with E-state index in [1.54, 1.807) is 6.08 Å². The van der Waals surface area contributed by atoms with Crippen molar-refractivity contribution in [2.75, 3.05) is 7.05 Å². The van der Waals surface area contributed by atoms with Crippen LogP contribution in [0.3, 0.4) is 0 Å². The van der Waals surface area contributed by atoms with Gasteiger partial charge in [-0.1, -0.05) is 13.8 Å². The molecule has 3 fully saturated rings. The number of ether oxygens (including phenoxy) is 1. The summed E-state index contributed by atoms with van der Waals surface area (Å²) in [6, 6.07) is 1.15. The molecule has 3 aliphatic carbocycles. The van der Waals surface area contributed by atoms with Crippen LogP contribution in [0.4, 0.5) is 0 Å². The lowest BCUT2D eigenvalue weighted by molar-refractivity contribution is -0.154. The number of rotatable bonds is 2. The number of piperidine rings is 1. The van der Waals surface area contributed by atoms with Gasteiger partial charge in [0.15, 0.2) is 0 Å². The van der Waals surface area contributed by atoms with E-state index in [0.29, 0.717) is 18.0 Å². The Morgan fingerprint density at radius 2 is 1.91 bits per heavy atom. The van der Waals surface area contributed by atoms with Gasteiger partial charge in [-0.15, -0.1) is 0 Å². The van der Waals surface area contributed by atoms with Crippen LogP contribution >= 0.6 is 0 Å². The Labute approximate surface area is 132 Å². The maximum Gasteiger partial charge on any atom is 0.334 e. The highest BCUT2D eigenvalue weighted by atomic mass is 16.5. The van der Waals surface area contributed by atoms with Crippen LogP contribution in [0.5, 0.6) is 0 Å². The number of nitrogens with zero attached hydrogens (tertiary/aromatic N) is 1. The fourth-order valence-corrected chi connectivity index (χ4v) is 5.37. The van der Waals surface area contributed by atoms with E-state index >= 15 is 0 Å². The molecule has 0 spiro atoms. The number of hydrogen-bond acceptors (Lipinski definition) is 4. The normalized spacial score (nSPS) is 45.9. The average molecular weight is 305 g/mol. The molecule has 0 aromatic rings. The van der Waals surface area contributed by atoms with Crippen LogP contribution in [-0.2, 0) is 9.53 Å². The van der Waals surface area contributed by atoms with Gasteiger partial charge in [-0.3, -0.25) is 0 Å². The topological polar surface area (TPSA) is 49.8 Å². The van der Waals surface area contributed by atoms with Gasteiger partial charge in [0, 0.05) is 30.5 Å². The van der Waals surface area contributed by atoms with Crippen molar-refractivity contribution in [3.05, 3.63) is 11.6 Å². The van der Waals surface area contributed by atoms with E-state index in [0.717, 1.165) is 24.8 Å². The smallest absolute Gasteiger partial charge is 0.334 e. The van der Waals surface area contributed by atoms with Crippen LogP contribution in [0, 0.1) is 17.3 Å². The Hall–Kier alpha value is -0.870. The third-order valence-corrected chi connectivity index (χ3v) is 7.05. The summed E-state index contributed by atoms with van der Waals surface area (Å²) in [6.45, 7) is 4.32. The van der Waals surface area contributed by atoms with Gasteiger partial charge < -0.3 is 14.7 Å².